The molecular weight excluding hydrogens is 235 g/mol. The Kier molecular flexibility index (Phi) is 5.36. The number of rotatable bonds is 5. The van der Waals surface area contributed by atoms with Gasteiger partial charge in [-0.2, -0.15) is 0 Å². The Labute approximate surface area is 106 Å². The predicted molar refractivity (Wildman–Crippen MR) is 67.8 cm³/mol. The highest BCUT2D eigenvalue weighted by molar-refractivity contribution is 5.87. The third kappa shape index (κ3) is 4.20. The molecule has 0 aliphatic heterocycles. The maximum Gasteiger partial charge on any atom is 0.330 e. The molecule has 1 atom stereocenters. The predicted octanol–water partition coefficient (Wildman–Crippen LogP) is 3.19. The summed E-state index contributed by atoms with van der Waals surface area (Å²) in [7, 11) is 1.30. The van der Waals surface area contributed by atoms with Gasteiger partial charge < -0.3 is 9.47 Å². The van der Waals surface area contributed by atoms with Crippen LogP contribution in [-0.2, 0) is 9.53 Å². The van der Waals surface area contributed by atoms with Crippen LogP contribution in [-0.4, -0.2) is 19.2 Å². The van der Waals surface area contributed by atoms with Gasteiger partial charge in [0.05, 0.1) is 13.2 Å². The van der Waals surface area contributed by atoms with Crippen molar-refractivity contribution >= 4 is 12.0 Å². The topological polar surface area (TPSA) is 35.5 Å². The molecule has 0 spiro atoms. The monoisotopic (exact) mass is 252 g/mol. The van der Waals surface area contributed by atoms with Crippen molar-refractivity contribution in [1.82, 2.24) is 0 Å². The van der Waals surface area contributed by atoms with Crippen LogP contribution in [0.4, 0.5) is 4.39 Å². The summed E-state index contributed by atoms with van der Waals surface area (Å²) < 4.78 is 23.3. The quantitative estimate of drug-likeness (QED) is 0.596. The maximum atomic E-state index is 13.2. The number of esters is 1. The van der Waals surface area contributed by atoms with E-state index in [1.807, 2.05) is 13.8 Å². The smallest absolute Gasteiger partial charge is 0.330 e. The van der Waals surface area contributed by atoms with Crippen LogP contribution >= 0.6 is 0 Å². The number of carbonyl (C=O) groups is 1. The Morgan fingerprint density at radius 2 is 2.22 bits per heavy atom. The molecule has 0 radical (unpaired) electrons. The number of hydrogen-bond acceptors (Lipinski definition) is 3. The molecule has 1 aromatic rings. The van der Waals surface area contributed by atoms with Gasteiger partial charge in [0.1, 0.15) is 11.6 Å². The lowest BCUT2D eigenvalue weighted by molar-refractivity contribution is -0.134. The van der Waals surface area contributed by atoms with Crippen LogP contribution in [0, 0.1) is 5.82 Å². The van der Waals surface area contributed by atoms with E-state index in [9.17, 15) is 9.18 Å². The first-order valence-electron chi connectivity index (χ1n) is 5.79. The van der Waals surface area contributed by atoms with Crippen molar-refractivity contribution in [3.05, 3.63) is 35.7 Å². The Balaban J connectivity index is 2.96. The van der Waals surface area contributed by atoms with Gasteiger partial charge in [0.25, 0.3) is 0 Å². The van der Waals surface area contributed by atoms with Crippen molar-refractivity contribution in [2.75, 3.05) is 7.11 Å². The molecule has 0 N–H and O–H groups in total. The van der Waals surface area contributed by atoms with Crippen molar-refractivity contribution in [2.24, 2.45) is 0 Å². The highest BCUT2D eigenvalue weighted by Gasteiger charge is 2.07. The largest absolute Gasteiger partial charge is 0.490 e. The third-order valence-corrected chi connectivity index (χ3v) is 2.48. The van der Waals surface area contributed by atoms with Crippen LogP contribution in [0.3, 0.4) is 0 Å². The fraction of sp³-hybridized carbons (Fsp3) is 0.357. The van der Waals surface area contributed by atoms with Gasteiger partial charge in [-0.1, -0.05) is 6.92 Å². The zero-order valence-corrected chi connectivity index (χ0v) is 10.8. The average molecular weight is 252 g/mol. The van der Waals surface area contributed by atoms with Crippen molar-refractivity contribution in [1.29, 1.82) is 0 Å². The summed E-state index contributed by atoms with van der Waals surface area (Å²) in [5.41, 5.74) is 0.641. The molecule has 0 amide bonds. The molecule has 18 heavy (non-hydrogen) atoms. The van der Waals surface area contributed by atoms with E-state index in [-0.39, 0.29) is 11.9 Å². The van der Waals surface area contributed by atoms with E-state index in [0.29, 0.717) is 11.3 Å². The zero-order chi connectivity index (χ0) is 13.5. The summed E-state index contributed by atoms with van der Waals surface area (Å²) in [6.07, 6.45) is 3.62. The molecule has 1 aromatic carbocycles. The Morgan fingerprint density at radius 3 is 2.83 bits per heavy atom. The van der Waals surface area contributed by atoms with Crippen LogP contribution in [0.5, 0.6) is 5.75 Å². The lowest BCUT2D eigenvalue weighted by Crippen LogP contribution is -2.10. The molecular formula is C14H17FO3. The fourth-order valence-electron chi connectivity index (χ4n) is 1.27. The van der Waals surface area contributed by atoms with Gasteiger partial charge in [0.2, 0.25) is 0 Å². The van der Waals surface area contributed by atoms with E-state index < -0.39 is 5.97 Å². The summed E-state index contributed by atoms with van der Waals surface area (Å²) in [6, 6.07) is 4.19. The van der Waals surface area contributed by atoms with Gasteiger partial charge in [-0.25, -0.2) is 9.18 Å². The van der Waals surface area contributed by atoms with E-state index in [1.165, 1.54) is 25.3 Å². The summed E-state index contributed by atoms with van der Waals surface area (Å²) in [4.78, 5) is 11.0. The van der Waals surface area contributed by atoms with Gasteiger partial charge in [-0.15, -0.1) is 0 Å². The van der Waals surface area contributed by atoms with E-state index in [2.05, 4.69) is 4.74 Å². The second-order valence-corrected chi connectivity index (χ2v) is 3.88. The lowest BCUT2D eigenvalue weighted by Gasteiger charge is -2.14. The van der Waals surface area contributed by atoms with Gasteiger partial charge in [0, 0.05) is 17.7 Å². The van der Waals surface area contributed by atoms with Crippen molar-refractivity contribution in [3.63, 3.8) is 0 Å². The second kappa shape index (κ2) is 6.79. The summed E-state index contributed by atoms with van der Waals surface area (Å²) >= 11 is 0. The van der Waals surface area contributed by atoms with Crippen LogP contribution in [0.1, 0.15) is 25.8 Å². The minimum absolute atomic E-state index is 0.0166. The number of hydrogen-bond donors (Lipinski definition) is 0. The van der Waals surface area contributed by atoms with Crippen LogP contribution in [0.25, 0.3) is 6.08 Å². The Morgan fingerprint density at radius 1 is 1.50 bits per heavy atom. The lowest BCUT2D eigenvalue weighted by atomic mass is 10.1. The first-order chi connectivity index (χ1) is 8.56. The number of halogens is 1. The molecule has 3 nitrogen and oxygen atoms in total. The molecule has 1 unspecified atom stereocenters. The normalized spacial score (nSPS) is 12.4. The molecule has 0 bridgehead atoms. The number of methoxy groups -OCH3 is 1. The van der Waals surface area contributed by atoms with Crippen molar-refractivity contribution < 1.29 is 18.7 Å². The van der Waals surface area contributed by atoms with E-state index in [1.54, 1.807) is 12.1 Å². The zero-order valence-electron chi connectivity index (χ0n) is 10.8. The first kappa shape index (κ1) is 14.2. The molecule has 0 aromatic heterocycles. The van der Waals surface area contributed by atoms with E-state index in [0.717, 1.165) is 6.42 Å². The minimum atomic E-state index is -0.464. The second-order valence-electron chi connectivity index (χ2n) is 3.88. The van der Waals surface area contributed by atoms with E-state index in [4.69, 9.17) is 4.74 Å². The molecule has 0 aliphatic rings. The summed E-state index contributed by atoms with van der Waals surface area (Å²) in [5.74, 6) is -0.415. The molecule has 0 heterocycles. The first-order valence-corrected chi connectivity index (χ1v) is 5.79. The molecule has 0 saturated carbocycles. The van der Waals surface area contributed by atoms with E-state index >= 15 is 0 Å². The van der Waals surface area contributed by atoms with Gasteiger partial charge in [-0.05, 0) is 31.6 Å². The van der Waals surface area contributed by atoms with Crippen LogP contribution < -0.4 is 4.74 Å². The van der Waals surface area contributed by atoms with Crippen LogP contribution in [0.2, 0.25) is 0 Å². The highest BCUT2D eigenvalue weighted by atomic mass is 19.1. The molecule has 0 saturated heterocycles. The van der Waals surface area contributed by atoms with Crippen LogP contribution in [0.15, 0.2) is 24.3 Å². The van der Waals surface area contributed by atoms with Gasteiger partial charge in [0.15, 0.2) is 0 Å². The Hall–Kier alpha value is -1.84. The average Bonchev–Trinajstić information content (AvgIpc) is 2.37. The Bertz CT molecular complexity index is 441. The highest BCUT2D eigenvalue weighted by Crippen LogP contribution is 2.23. The standard InChI is InChI=1S/C14H17FO3/c1-4-10(2)18-13-9-12(15)7-5-11(13)6-8-14(16)17-3/h5-10H,4H2,1-3H3/b8-6+. The molecule has 1 rings (SSSR count). The molecule has 0 fully saturated rings. The maximum absolute atomic E-state index is 13.2. The summed E-state index contributed by atoms with van der Waals surface area (Å²) in [5, 5.41) is 0. The minimum Gasteiger partial charge on any atom is -0.490 e. The van der Waals surface area contributed by atoms with Gasteiger partial charge in [-0.3, -0.25) is 0 Å². The number of ether oxygens (including phenoxy) is 2. The number of carbonyl (C=O) groups excluding carboxylic acids is 1. The summed E-state index contributed by atoms with van der Waals surface area (Å²) in [6.45, 7) is 3.88. The van der Waals surface area contributed by atoms with Gasteiger partial charge >= 0.3 is 5.97 Å². The van der Waals surface area contributed by atoms with Crippen molar-refractivity contribution in [3.8, 4) is 5.75 Å². The fourth-order valence-corrected chi connectivity index (χ4v) is 1.27. The number of benzene rings is 1. The SMILES string of the molecule is CCC(C)Oc1cc(F)ccc1/C=C/C(=O)OC. The third-order valence-electron chi connectivity index (χ3n) is 2.48. The molecule has 4 heteroatoms. The molecule has 0 aliphatic carbocycles. The molecule has 98 valence electrons. The van der Waals surface area contributed by atoms with Crippen molar-refractivity contribution in [2.45, 2.75) is 26.4 Å².